The highest BCUT2D eigenvalue weighted by Crippen LogP contribution is 2.13. The molecule has 0 N–H and O–H groups in total. The molecule has 0 aromatic carbocycles. The van der Waals surface area contributed by atoms with Gasteiger partial charge in [0.15, 0.2) is 0 Å². The zero-order valence-corrected chi connectivity index (χ0v) is 23.2. The molecule has 0 saturated carbocycles. The van der Waals surface area contributed by atoms with E-state index in [0.29, 0.717) is 32.0 Å². The minimum Gasteiger partial charge on any atom is -0.466 e. The Labute approximate surface area is 212 Å². The fraction of sp³-hybridized carbons (Fsp3) is 0.933. The maximum atomic E-state index is 11.8. The molecule has 0 saturated heterocycles. The van der Waals surface area contributed by atoms with Gasteiger partial charge in [-0.1, -0.05) is 130 Å². The molecule has 0 heterocycles. The summed E-state index contributed by atoms with van der Waals surface area (Å²) in [6.07, 6.45) is 25.2. The summed E-state index contributed by atoms with van der Waals surface area (Å²) < 4.78 is 10.7. The molecule has 0 fully saturated rings. The molecule has 0 atom stereocenters. The van der Waals surface area contributed by atoms with Gasteiger partial charge in [-0.05, 0) is 25.2 Å². The molecule has 0 amide bonds. The van der Waals surface area contributed by atoms with Crippen LogP contribution in [0.25, 0.3) is 0 Å². The largest absolute Gasteiger partial charge is 0.466 e. The molecule has 0 bridgehead atoms. The lowest BCUT2D eigenvalue weighted by Gasteiger charge is -2.12. The quantitative estimate of drug-likeness (QED) is 0.0910. The molecule has 0 aliphatic heterocycles. The number of esters is 2. The highest BCUT2D eigenvalue weighted by Gasteiger charge is 2.08. The van der Waals surface area contributed by atoms with E-state index in [1.54, 1.807) is 0 Å². The number of hydrogen-bond acceptors (Lipinski definition) is 4. The number of ether oxygens (including phenoxy) is 2. The van der Waals surface area contributed by atoms with Crippen LogP contribution in [-0.2, 0) is 19.1 Å². The van der Waals surface area contributed by atoms with Crippen LogP contribution in [0.1, 0.15) is 162 Å². The van der Waals surface area contributed by atoms with Crippen molar-refractivity contribution in [1.82, 2.24) is 0 Å². The maximum Gasteiger partial charge on any atom is 0.305 e. The van der Waals surface area contributed by atoms with Crippen LogP contribution in [0.5, 0.6) is 0 Å². The van der Waals surface area contributed by atoms with Gasteiger partial charge in [-0.25, -0.2) is 0 Å². The van der Waals surface area contributed by atoms with Crippen LogP contribution in [-0.4, -0.2) is 25.2 Å². The minimum absolute atomic E-state index is 0.0386. The summed E-state index contributed by atoms with van der Waals surface area (Å²) in [5, 5.41) is 0. The van der Waals surface area contributed by atoms with Gasteiger partial charge in [-0.2, -0.15) is 0 Å². The lowest BCUT2D eigenvalue weighted by molar-refractivity contribution is -0.145. The number of hydrogen-bond donors (Lipinski definition) is 0. The normalized spacial score (nSPS) is 11.2. The third-order valence-corrected chi connectivity index (χ3v) is 6.91. The monoisotopic (exact) mass is 482 g/mol. The Kier molecular flexibility index (Phi) is 25.7. The number of carbonyl (C=O) groups is 2. The third kappa shape index (κ3) is 24.1. The Morgan fingerprint density at radius 1 is 0.500 bits per heavy atom. The molecule has 0 unspecified atom stereocenters. The van der Waals surface area contributed by atoms with Crippen molar-refractivity contribution in [3.05, 3.63) is 0 Å². The van der Waals surface area contributed by atoms with Crippen molar-refractivity contribution < 1.29 is 19.1 Å². The first-order chi connectivity index (χ1) is 16.6. The van der Waals surface area contributed by atoms with Gasteiger partial charge in [0.25, 0.3) is 0 Å². The van der Waals surface area contributed by atoms with Gasteiger partial charge in [0.2, 0.25) is 0 Å². The van der Waals surface area contributed by atoms with Crippen LogP contribution in [0, 0.1) is 5.92 Å². The fourth-order valence-corrected chi connectivity index (χ4v) is 4.25. The molecule has 4 nitrogen and oxygen atoms in total. The first-order valence-corrected chi connectivity index (χ1v) is 14.9. The molecule has 0 aliphatic rings. The van der Waals surface area contributed by atoms with E-state index < -0.39 is 0 Å². The zero-order valence-electron chi connectivity index (χ0n) is 23.2. The van der Waals surface area contributed by atoms with Crippen LogP contribution in [0.4, 0.5) is 0 Å². The summed E-state index contributed by atoms with van der Waals surface area (Å²) in [5.74, 6) is 0.409. The molecule has 0 aliphatic carbocycles. The summed E-state index contributed by atoms with van der Waals surface area (Å²) in [6, 6.07) is 0. The summed E-state index contributed by atoms with van der Waals surface area (Å²) in [4.78, 5) is 23.6. The molecule has 4 heteroatoms. The molecular formula is C30H58O4. The first kappa shape index (κ1) is 32.9. The van der Waals surface area contributed by atoms with E-state index >= 15 is 0 Å². The van der Waals surface area contributed by atoms with Crippen LogP contribution in [0.15, 0.2) is 0 Å². The van der Waals surface area contributed by atoms with Crippen LogP contribution in [0.2, 0.25) is 0 Å². The standard InChI is InChI=1S/C30H58O4/c1-4-7-8-9-10-11-12-13-14-17-20-23-26-33-29(31)24-21-18-15-16-19-22-25-30(32)34-27-28(5-2)6-3/h28H,4-27H2,1-3H3. The van der Waals surface area contributed by atoms with E-state index in [1.165, 1.54) is 70.6 Å². The topological polar surface area (TPSA) is 52.6 Å². The second-order valence-corrected chi connectivity index (χ2v) is 10.1. The molecule has 0 rings (SSSR count). The van der Waals surface area contributed by atoms with Crippen LogP contribution < -0.4 is 0 Å². The number of carbonyl (C=O) groups excluding carboxylic acids is 2. The van der Waals surface area contributed by atoms with Gasteiger partial charge in [0, 0.05) is 12.8 Å². The number of unbranched alkanes of at least 4 members (excludes halogenated alkanes) is 16. The molecule has 0 aromatic rings. The highest BCUT2D eigenvalue weighted by atomic mass is 16.5. The summed E-state index contributed by atoms with van der Waals surface area (Å²) >= 11 is 0. The van der Waals surface area contributed by atoms with Crippen molar-refractivity contribution in [2.45, 2.75) is 162 Å². The number of rotatable bonds is 26. The second kappa shape index (κ2) is 26.5. The van der Waals surface area contributed by atoms with Crippen molar-refractivity contribution in [1.29, 1.82) is 0 Å². The summed E-state index contributed by atoms with van der Waals surface area (Å²) in [7, 11) is 0. The smallest absolute Gasteiger partial charge is 0.305 e. The van der Waals surface area contributed by atoms with E-state index in [4.69, 9.17) is 9.47 Å². The molecular weight excluding hydrogens is 424 g/mol. The van der Waals surface area contributed by atoms with E-state index in [0.717, 1.165) is 57.8 Å². The summed E-state index contributed by atoms with van der Waals surface area (Å²) in [5.41, 5.74) is 0. The third-order valence-electron chi connectivity index (χ3n) is 6.91. The van der Waals surface area contributed by atoms with Crippen molar-refractivity contribution in [3.8, 4) is 0 Å². The van der Waals surface area contributed by atoms with Gasteiger partial charge in [-0.15, -0.1) is 0 Å². The Bertz CT molecular complexity index is 445. The van der Waals surface area contributed by atoms with Gasteiger partial charge in [-0.3, -0.25) is 9.59 Å². The second-order valence-electron chi connectivity index (χ2n) is 10.1. The fourth-order valence-electron chi connectivity index (χ4n) is 4.25. The molecule has 34 heavy (non-hydrogen) atoms. The predicted octanol–water partition coefficient (Wildman–Crippen LogP) is 9.33. The Morgan fingerprint density at radius 2 is 0.882 bits per heavy atom. The van der Waals surface area contributed by atoms with Gasteiger partial charge < -0.3 is 9.47 Å². The maximum absolute atomic E-state index is 11.8. The van der Waals surface area contributed by atoms with E-state index in [1.807, 2.05) is 0 Å². The minimum atomic E-state index is -0.0530. The van der Waals surface area contributed by atoms with Crippen molar-refractivity contribution in [2.75, 3.05) is 13.2 Å². The molecule has 0 radical (unpaired) electrons. The highest BCUT2D eigenvalue weighted by molar-refractivity contribution is 5.69. The van der Waals surface area contributed by atoms with E-state index in [9.17, 15) is 9.59 Å². The van der Waals surface area contributed by atoms with Gasteiger partial charge in [0.1, 0.15) is 0 Å². The predicted molar refractivity (Wildman–Crippen MR) is 144 cm³/mol. The molecule has 0 aromatic heterocycles. The lowest BCUT2D eigenvalue weighted by atomic mass is 10.1. The molecule has 202 valence electrons. The van der Waals surface area contributed by atoms with Crippen molar-refractivity contribution >= 4 is 11.9 Å². The van der Waals surface area contributed by atoms with E-state index in [-0.39, 0.29) is 11.9 Å². The Hall–Kier alpha value is -1.06. The lowest BCUT2D eigenvalue weighted by Crippen LogP contribution is -2.12. The average Bonchev–Trinajstić information content (AvgIpc) is 2.84. The Morgan fingerprint density at radius 3 is 1.32 bits per heavy atom. The van der Waals surface area contributed by atoms with Gasteiger partial charge in [0.05, 0.1) is 13.2 Å². The zero-order chi connectivity index (χ0) is 25.1. The SMILES string of the molecule is CCCCCCCCCCCCCCOC(=O)CCCCCCCCC(=O)OCC(CC)CC. The first-order valence-electron chi connectivity index (χ1n) is 14.9. The van der Waals surface area contributed by atoms with Crippen LogP contribution >= 0.6 is 0 Å². The average molecular weight is 483 g/mol. The van der Waals surface area contributed by atoms with Gasteiger partial charge >= 0.3 is 11.9 Å². The van der Waals surface area contributed by atoms with Crippen LogP contribution in [0.3, 0.4) is 0 Å². The summed E-state index contributed by atoms with van der Waals surface area (Å²) in [6.45, 7) is 7.71. The van der Waals surface area contributed by atoms with Crippen molar-refractivity contribution in [3.63, 3.8) is 0 Å². The van der Waals surface area contributed by atoms with Crippen molar-refractivity contribution in [2.24, 2.45) is 5.92 Å². The molecule has 0 spiro atoms. The Balaban J connectivity index is 3.29. The van der Waals surface area contributed by atoms with E-state index in [2.05, 4.69) is 20.8 Å².